The molecule has 0 bridgehead atoms. The normalized spacial score (nSPS) is 45.9. The Morgan fingerprint density at radius 1 is 0.881 bits per heavy atom. The van der Waals surface area contributed by atoms with Crippen molar-refractivity contribution in [2.75, 3.05) is 40.0 Å². The SMILES string of the molecule is [C-]#[N+]CCO[C@@H]1CC[C@@]2(C)[C@@H](C1)C[C@@H](OCCC#N)[C@@H]1[C@@H]2C[C@H](OCC[N+]#[C-])[C@@]2(C)[C@H]1CC[C@@H]2[C@@]1(C)CCC1N(C)Br. The van der Waals surface area contributed by atoms with Crippen molar-refractivity contribution in [3.63, 3.8) is 0 Å². The quantitative estimate of drug-likeness (QED) is 0.136. The Morgan fingerprint density at radius 2 is 1.60 bits per heavy atom. The van der Waals surface area contributed by atoms with Crippen LogP contribution in [0.3, 0.4) is 0 Å². The maximum atomic E-state index is 9.34. The molecule has 5 fully saturated rings. The molecular weight excluding hydrogens is 592 g/mol. The van der Waals surface area contributed by atoms with E-state index in [0.717, 1.165) is 32.1 Å². The van der Waals surface area contributed by atoms with Crippen molar-refractivity contribution in [3.8, 4) is 6.07 Å². The Hall–Kier alpha value is -1.21. The average Bonchev–Trinajstić information content (AvgIpc) is 3.31. The molecule has 5 aliphatic rings. The van der Waals surface area contributed by atoms with Gasteiger partial charge in [0.25, 0.3) is 0 Å². The standard InChI is InChI=1S/C34H51BrN4O3/c1-32-12-10-24(40-18-15-37-4)20-23(32)21-27(41-17-7-14-36)31-25-8-9-28(33(2)13-11-29(33)39(6)35)34(25,3)30(22-26(31)32)42-19-16-38-5/h23-31H,7-13,15-22H2,1-3,6H3/t23-,24+,25-,26-,27+,28+,29?,30-,31-,32-,33+,34-/m0/s1. The maximum Gasteiger partial charge on any atom is 0.237 e. The summed E-state index contributed by atoms with van der Waals surface area (Å²) < 4.78 is 22.0. The predicted octanol–water partition coefficient (Wildman–Crippen LogP) is 7.18. The molecule has 232 valence electrons. The van der Waals surface area contributed by atoms with Gasteiger partial charge in [0.15, 0.2) is 0 Å². The van der Waals surface area contributed by atoms with Crippen LogP contribution in [-0.2, 0) is 14.2 Å². The zero-order chi connectivity index (χ0) is 30.1. The molecule has 0 saturated heterocycles. The lowest BCUT2D eigenvalue weighted by molar-refractivity contribution is -0.235. The lowest BCUT2D eigenvalue weighted by atomic mass is 9.41. The largest absolute Gasteiger partial charge is 0.377 e. The minimum absolute atomic E-state index is 0.0275. The van der Waals surface area contributed by atoms with E-state index >= 15 is 0 Å². The number of ether oxygens (including phenoxy) is 3. The van der Waals surface area contributed by atoms with Gasteiger partial charge < -0.3 is 23.9 Å². The van der Waals surface area contributed by atoms with E-state index in [2.05, 4.69) is 63.7 Å². The van der Waals surface area contributed by atoms with Crippen molar-refractivity contribution in [2.24, 2.45) is 45.8 Å². The fourth-order valence-corrected chi connectivity index (χ4v) is 11.9. The van der Waals surface area contributed by atoms with Crippen molar-refractivity contribution in [3.05, 3.63) is 22.8 Å². The second kappa shape index (κ2) is 13.0. The van der Waals surface area contributed by atoms with Crippen LogP contribution in [-0.4, -0.2) is 68.2 Å². The molecule has 5 saturated carbocycles. The monoisotopic (exact) mass is 642 g/mol. The van der Waals surface area contributed by atoms with Crippen molar-refractivity contribution in [1.29, 1.82) is 5.26 Å². The maximum absolute atomic E-state index is 9.34. The fourth-order valence-electron chi connectivity index (χ4n) is 11.2. The van der Waals surface area contributed by atoms with E-state index in [9.17, 15) is 5.26 Å². The van der Waals surface area contributed by atoms with Gasteiger partial charge in [0.2, 0.25) is 13.1 Å². The van der Waals surface area contributed by atoms with E-state index in [0.29, 0.717) is 75.0 Å². The molecule has 0 aliphatic heterocycles. The van der Waals surface area contributed by atoms with Gasteiger partial charge in [-0.3, -0.25) is 0 Å². The van der Waals surface area contributed by atoms with E-state index in [1.807, 2.05) is 0 Å². The van der Waals surface area contributed by atoms with Crippen LogP contribution in [0.15, 0.2) is 0 Å². The number of rotatable bonds is 11. The van der Waals surface area contributed by atoms with Crippen LogP contribution in [0.5, 0.6) is 0 Å². The average molecular weight is 644 g/mol. The van der Waals surface area contributed by atoms with Gasteiger partial charge in [-0.1, -0.05) is 20.8 Å². The molecule has 0 N–H and O–H groups in total. The van der Waals surface area contributed by atoms with Gasteiger partial charge >= 0.3 is 0 Å². The van der Waals surface area contributed by atoms with Crippen LogP contribution in [0.1, 0.15) is 85.0 Å². The summed E-state index contributed by atoms with van der Waals surface area (Å²) >= 11 is 3.81. The lowest BCUT2D eigenvalue weighted by Gasteiger charge is -2.66. The molecular formula is C34H51BrN4O3. The van der Waals surface area contributed by atoms with Crippen LogP contribution in [0.4, 0.5) is 0 Å². The molecule has 12 atom stereocenters. The van der Waals surface area contributed by atoms with Gasteiger partial charge in [0.1, 0.15) is 13.2 Å². The summed E-state index contributed by atoms with van der Waals surface area (Å²) in [6, 6.07) is 2.83. The van der Waals surface area contributed by atoms with E-state index < -0.39 is 0 Å². The summed E-state index contributed by atoms with van der Waals surface area (Å²) in [5.74, 6) is 2.52. The first-order valence-electron chi connectivity index (χ1n) is 16.4. The van der Waals surface area contributed by atoms with Gasteiger partial charge in [0, 0.05) is 27.6 Å². The molecule has 7 nitrogen and oxygen atoms in total. The molecule has 42 heavy (non-hydrogen) atoms. The molecule has 8 heteroatoms. The molecule has 1 unspecified atom stereocenters. The van der Waals surface area contributed by atoms with E-state index in [-0.39, 0.29) is 34.6 Å². The number of hydrogen-bond acceptors (Lipinski definition) is 5. The van der Waals surface area contributed by atoms with Gasteiger partial charge in [-0.15, -0.1) is 0 Å². The van der Waals surface area contributed by atoms with Gasteiger partial charge in [-0.05, 0) is 105 Å². The molecule has 5 rings (SSSR count). The van der Waals surface area contributed by atoms with Crippen LogP contribution in [0.25, 0.3) is 9.69 Å². The van der Waals surface area contributed by atoms with Crippen molar-refractivity contribution >= 4 is 16.1 Å². The number of hydrogen-bond donors (Lipinski definition) is 0. The number of nitrogens with zero attached hydrogens (tertiary/aromatic N) is 4. The van der Waals surface area contributed by atoms with Gasteiger partial charge in [-0.2, -0.15) is 5.26 Å². The Bertz CT molecular complexity index is 1080. The second-order valence-electron chi connectivity index (χ2n) is 14.8. The summed E-state index contributed by atoms with van der Waals surface area (Å²) in [6.07, 6.45) is 11.1. The zero-order valence-corrected chi connectivity index (χ0v) is 27.8. The third-order valence-corrected chi connectivity index (χ3v) is 13.7. The number of fused-ring (bicyclic) bond motifs is 5. The second-order valence-corrected chi connectivity index (χ2v) is 15.9. The van der Waals surface area contributed by atoms with Gasteiger partial charge in [0.05, 0.1) is 37.4 Å². The van der Waals surface area contributed by atoms with Crippen molar-refractivity contribution in [2.45, 2.75) is 109 Å². The highest BCUT2D eigenvalue weighted by Crippen LogP contribution is 2.72. The molecule has 0 radical (unpaired) electrons. The van der Waals surface area contributed by atoms with E-state index in [4.69, 9.17) is 27.4 Å². The Labute approximate surface area is 263 Å². The van der Waals surface area contributed by atoms with Crippen LogP contribution < -0.4 is 0 Å². The predicted molar refractivity (Wildman–Crippen MR) is 166 cm³/mol. The molecule has 5 aliphatic carbocycles. The van der Waals surface area contributed by atoms with Crippen molar-refractivity contribution in [1.82, 2.24) is 3.93 Å². The van der Waals surface area contributed by atoms with Crippen molar-refractivity contribution < 1.29 is 14.2 Å². The molecule has 0 aromatic carbocycles. The minimum atomic E-state index is 0.0275. The molecule has 0 aromatic heterocycles. The van der Waals surface area contributed by atoms with Crippen LogP contribution in [0, 0.1) is 70.3 Å². The highest BCUT2D eigenvalue weighted by Gasteiger charge is 2.69. The number of nitriles is 1. The Balaban J connectivity index is 1.49. The summed E-state index contributed by atoms with van der Waals surface area (Å²) in [5.41, 5.74) is 0.452. The zero-order valence-electron chi connectivity index (χ0n) is 26.2. The van der Waals surface area contributed by atoms with Crippen LogP contribution >= 0.6 is 16.1 Å². The topological polar surface area (TPSA) is 63.4 Å². The fraction of sp³-hybridized carbons (Fsp3) is 0.912. The minimum Gasteiger partial charge on any atom is -0.377 e. The number of halogens is 1. The third kappa shape index (κ3) is 5.45. The molecule has 0 aromatic rings. The summed E-state index contributed by atoms with van der Waals surface area (Å²) in [5, 5.41) is 9.34. The van der Waals surface area contributed by atoms with Crippen LogP contribution in [0.2, 0.25) is 0 Å². The highest BCUT2D eigenvalue weighted by atomic mass is 79.9. The lowest BCUT2D eigenvalue weighted by Crippen LogP contribution is -2.65. The smallest absolute Gasteiger partial charge is 0.237 e. The Kier molecular flexibility index (Phi) is 9.99. The van der Waals surface area contributed by atoms with Gasteiger partial charge in [-0.25, -0.2) is 17.1 Å². The summed E-state index contributed by atoms with van der Waals surface area (Å²) in [6.45, 7) is 24.6. The van der Waals surface area contributed by atoms with E-state index in [1.54, 1.807) is 0 Å². The summed E-state index contributed by atoms with van der Waals surface area (Å²) in [4.78, 5) is 7.13. The molecule has 0 spiro atoms. The highest BCUT2D eigenvalue weighted by molar-refractivity contribution is 9.07. The summed E-state index contributed by atoms with van der Waals surface area (Å²) in [7, 11) is 2.17. The Morgan fingerprint density at radius 3 is 2.24 bits per heavy atom. The molecule has 0 heterocycles. The first-order valence-corrected chi connectivity index (χ1v) is 17.1. The third-order valence-electron chi connectivity index (χ3n) is 13.3. The van der Waals surface area contributed by atoms with E-state index in [1.165, 1.54) is 25.7 Å². The first-order chi connectivity index (χ1) is 20.1. The molecule has 0 amide bonds. The first kappa shape index (κ1) is 32.2.